The first-order valence-corrected chi connectivity index (χ1v) is 8.48. The first-order chi connectivity index (χ1) is 11.1. The number of carbonyl (C=O) groups excluding carboxylic acids is 2. The lowest BCUT2D eigenvalue weighted by molar-refractivity contribution is -0.137. The molecule has 122 valence electrons. The first-order valence-electron chi connectivity index (χ1n) is 8.48. The zero-order chi connectivity index (χ0) is 16.3. The van der Waals surface area contributed by atoms with Crippen LogP contribution in [0, 0.1) is 5.41 Å². The van der Waals surface area contributed by atoms with Crippen molar-refractivity contribution in [3.8, 4) is 0 Å². The summed E-state index contributed by atoms with van der Waals surface area (Å²) >= 11 is 0. The van der Waals surface area contributed by atoms with E-state index in [-0.39, 0.29) is 17.7 Å². The van der Waals surface area contributed by atoms with Crippen molar-refractivity contribution in [3.05, 3.63) is 47.5 Å². The van der Waals surface area contributed by atoms with Crippen molar-refractivity contribution in [2.75, 3.05) is 0 Å². The zero-order valence-corrected chi connectivity index (χ0v) is 13.7. The standard InChI is InChI=1S/C20H24O3/c1-15(21)20(10-5-8-19(20)22)11-9-17-12-18(13-17)23-14-16-6-3-2-4-7-16/h2-4,6-7,9,18H,5,8,10-14H2,1H3. The van der Waals surface area contributed by atoms with Crippen LogP contribution in [0.4, 0.5) is 0 Å². The Hall–Kier alpha value is -1.74. The Kier molecular flexibility index (Phi) is 4.76. The topological polar surface area (TPSA) is 43.4 Å². The third-order valence-electron chi connectivity index (χ3n) is 5.26. The van der Waals surface area contributed by atoms with Crippen LogP contribution in [0.1, 0.15) is 51.0 Å². The molecule has 3 heteroatoms. The van der Waals surface area contributed by atoms with Gasteiger partial charge in [0, 0.05) is 6.42 Å². The summed E-state index contributed by atoms with van der Waals surface area (Å²) in [5.41, 5.74) is 1.79. The average molecular weight is 312 g/mol. The van der Waals surface area contributed by atoms with Crippen molar-refractivity contribution in [2.45, 2.75) is 58.2 Å². The molecule has 0 amide bonds. The van der Waals surface area contributed by atoms with Crippen LogP contribution in [0.5, 0.6) is 0 Å². The Balaban J connectivity index is 1.48. The molecule has 0 radical (unpaired) electrons. The van der Waals surface area contributed by atoms with E-state index < -0.39 is 5.41 Å². The number of ether oxygens (including phenoxy) is 1. The third kappa shape index (κ3) is 3.45. The second-order valence-corrected chi connectivity index (χ2v) is 6.81. The molecule has 0 heterocycles. The maximum absolute atomic E-state index is 12.1. The van der Waals surface area contributed by atoms with E-state index in [2.05, 4.69) is 18.2 Å². The van der Waals surface area contributed by atoms with Gasteiger partial charge >= 0.3 is 0 Å². The molecule has 0 aromatic heterocycles. The van der Waals surface area contributed by atoms with Gasteiger partial charge < -0.3 is 4.74 Å². The highest BCUT2D eigenvalue weighted by atomic mass is 16.5. The molecule has 2 aliphatic rings. The van der Waals surface area contributed by atoms with Gasteiger partial charge in [-0.1, -0.05) is 42.0 Å². The average Bonchev–Trinajstić information content (AvgIpc) is 2.88. The largest absolute Gasteiger partial charge is 0.373 e. The van der Waals surface area contributed by atoms with E-state index in [1.165, 1.54) is 11.1 Å². The summed E-state index contributed by atoms with van der Waals surface area (Å²) in [4.78, 5) is 24.1. The Bertz CT molecular complexity index is 609. The molecule has 1 aromatic rings. The maximum atomic E-state index is 12.1. The lowest BCUT2D eigenvalue weighted by Gasteiger charge is -2.31. The van der Waals surface area contributed by atoms with Gasteiger partial charge in [0.15, 0.2) is 0 Å². The van der Waals surface area contributed by atoms with Gasteiger partial charge in [0.2, 0.25) is 0 Å². The van der Waals surface area contributed by atoms with Crippen LogP contribution in [0.15, 0.2) is 42.0 Å². The quantitative estimate of drug-likeness (QED) is 0.589. The monoisotopic (exact) mass is 312 g/mol. The Labute approximate surface area is 137 Å². The predicted molar refractivity (Wildman–Crippen MR) is 88.9 cm³/mol. The first kappa shape index (κ1) is 16.1. The summed E-state index contributed by atoms with van der Waals surface area (Å²) in [7, 11) is 0. The molecule has 0 saturated heterocycles. The van der Waals surface area contributed by atoms with E-state index in [1.807, 2.05) is 18.2 Å². The van der Waals surface area contributed by atoms with Crippen LogP contribution in [-0.4, -0.2) is 17.7 Å². The van der Waals surface area contributed by atoms with Crippen LogP contribution in [0.25, 0.3) is 0 Å². The maximum Gasteiger partial charge on any atom is 0.146 e. The highest BCUT2D eigenvalue weighted by molar-refractivity contribution is 6.07. The summed E-state index contributed by atoms with van der Waals surface area (Å²) in [6.07, 6.45) is 6.96. The number of benzene rings is 1. The highest BCUT2D eigenvalue weighted by Gasteiger charge is 2.45. The van der Waals surface area contributed by atoms with Crippen LogP contribution >= 0.6 is 0 Å². The number of hydrogen-bond acceptors (Lipinski definition) is 3. The van der Waals surface area contributed by atoms with Gasteiger partial charge in [-0.2, -0.15) is 0 Å². The van der Waals surface area contributed by atoms with Gasteiger partial charge in [-0.25, -0.2) is 0 Å². The molecule has 2 fully saturated rings. The number of Topliss-reactive ketones (excluding diaryl/α,β-unsaturated/α-hetero) is 2. The lowest BCUT2D eigenvalue weighted by atomic mass is 9.76. The lowest BCUT2D eigenvalue weighted by Crippen LogP contribution is -2.33. The van der Waals surface area contributed by atoms with Gasteiger partial charge in [-0.15, -0.1) is 0 Å². The van der Waals surface area contributed by atoms with Crippen molar-refractivity contribution in [3.63, 3.8) is 0 Å². The van der Waals surface area contributed by atoms with E-state index >= 15 is 0 Å². The minimum absolute atomic E-state index is 0.0352. The summed E-state index contributed by atoms with van der Waals surface area (Å²) in [6, 6.07) is 10.2. The highest BCUT2D eigenvalue weighted by Crippen LogP contribution is 2.41. The second kappa shape index (κ2) is 6.79. The molecule has 23 heavy (non-hydrogen) atoms. The van der Waals surface area contributed by atoms with E-state index in [4.69, 9.17) is 4.74 Å². The molecule has 1 aromatic carbocycles. The molecule has 2 saturated carbocycles. The van der Waals surface area contributed by atoms with Gasteiger partial charge in [-0.3, -0.25) is 9.59 Å². The van der Waals surface area contributed by atoms with Gasteiger partial charge in [0.1, 0.15) is 11.6 Å². The van der Waals surface area contributed by atoms with E-state index in [0.29, 0.717) is 19.4 Å². The van der Waals surface area contributed by atoms with Crippen molar-refractivity contribution in [1.82, 2.24) is 0 Å². The molecule has 1 atom stereocenters. The molecule has 1 unspecified atom stereocenters. The fourth-order valence-electron chi connectivity index (χ4n) is 3.58. The number of rotatable bonds is 6. The number of ketones is 2. The SMILES string of the molecule is CC(=O)C1(CC=C2CC(OCc3ccccc3)C2)CCCC1=O. The predicted octanol–water partition coefficient (Wildman–Crippen LogP) is 4.01. The number of hydrogen-bond donors (Lipinski definition) is 0. The van der Waals surface area contributed by atoms with Crippen molar-refractivity contribution < 1.29 is 14.3 Å². The van der Waals surface area contributed by atoms with Gasteiger partial charge in [0.05, 0.1) is 18.1 Å². The molecule has 0 aliphatic heterocycles. The fourth-order valence-corrected chi connectivity index (χ4v) is 3.58. The third-order valence-corrected chi connectivity index (χ3v) is 5.26. The van der Waals surface area contributed by atoms with Crippen LogP contribution in [-0.2, 0) is 20.9 Å². The van der Waals surface area contributed by atoms with Crippen LogP contribution in [0.3, 0.4) is 0 Å². The molecule has 0 spiro atoms. The molecule has 0 N–H and O–H groups in total. The van der Waals surface area contributed by atoms with Crippen LogP contribution < -0.4 is 0 Å². The van der Waals surface area contributed by atoms with E-state index in [1.54, 1.807) is 6.92 Å². The summed E-state index contributed by atoms with van der Waals surface area (Å²) in [6.45, 7) is 2.21. The second-order valence-electron chi connectivity index (χ2n) is 6.81. The Morgan fingerprint density at radius 2 is 2.04 bits per heavy atom. The van der Waals surface area contributed by atoms with Crippen molar-refractivity contribution >= 4 is 11.6 Å². The minimum Gasteiger partial charge on any atom is -0.373 e. The van der Waals surface area contributed by atoms with Crippen molar-refractivity contribution in [2.24, 2.45) is 5.41 Å². The molecule has 2 aliphatic carbocycles. The van der Waals surface area contributed by atoms with Crippen LogP contribution in [0.2, 0.25) is 0 Å². The molecule has 0 bridgehead atoms. The molecule has 3 nitrogen and oxygen atoms in total. The van der Waals surface area contributed by atoms with E-state index in [0.717, 1.165) is 25.7 Å². The summed E-state index contributed by atoms with van der Waals surface area (Å²) in [5, 5.41) is 0. The normalized spacial score (nSPS) is 26.9. The summed E-state index contributed by atoms with van der Waals surface area (Å²) in [5.74, 6) is 0.172. The summed E-state index contributed by atoms with van der Waals surface area (Å²) < 4.78 is 5.89. The molecule has 3 rings (SSSR count). The zero-order valence-electron chi connectivity index (χ0n) is 13.7. The Morgan fingerprint density at radius 3 is 2.65 bits per heavy atom. The smallest absolute Gasteiger partial charge is 0.146 e. The Morgan fingerprint density at radius 1 is 1.30 bits per heavy atom. The number of allylic oxidation sites excluding steroid dienone is 1. The number of carbonyl (C=O) groups is 2. The van der Waals surface area contributed by atoms with Crippen molar-refractivity contribution in [1.29, 1.82) is 0 Å². The van der Waals surface area contributed by atoms with E-state index in [9.17, 15) is 9.59 Å². The molecular weight excluding hydrogens is 288 g/mol. The fraction of sp³-hybridized carbons (Fsp3) is 0.500. The van der Waals surface area contributed by atoms with Gasteiger partial charge in [0.25, 0.3) is 0 Å². The molecular formula is C20H24O3. The van der Waals surface area contributed by atoms with Gasteiger partial charge in [-0.05, 0) is 44.6 Å². The minimum atomic E-state index is -0.719.